The van der Waals surface area contributed by atoms with E-state index >= 15 is 0 Å². The molecule has 2 atom stereocenters. The highest BCUT2D eigenvalue weighted by molar-refractivity contribution is 7.98. The van der Waals surface area contributed by atoms with E-state index in [9.17, 15) is 19.2 Å². The number of urea groups is 1. The van der Waals surface area contributed by atoms with Gasteiger partial charge in [-0.2, -0.15) is 11.8 Å². The first kappa shape index (κ1) is 23.5. The van der Waals surface area contributed by atoms with E-state index in [2.05, 4.69) is 16.0 Å². The van der Waals surface area contributed by atoms with Crippen molar-refractivity contribution in [1.82, 2.24) is 16.0 Å². The molecule has 1 aromatic carbocycles. The van der Waals surface area contributed by atoms with Crippen LogP contribution in [0, 0.1) is 0 Å². The summed E-state index contributed by atoms with van der Waals surface area (Å²) in [4.78, 5) is 48.4. The summed E-state index contributed by atoms with van der Waals surface area (Å²) < 4.78 is 5.16. The molecule has 4 amide bonds. The zero-order valence-electron chi connectivity index (χ0n) is 16.5. The smallest absolute Gasteiger partial charge is 0.329 e. The second kappa shape index (κ2) is 12.0. The van der Waals surface area contributed by atoms with E-state index in [1.807, 2.05) is 6.26 Å². The van der Waals surface area contributed by atoms with Crippen molar-refractivity contribution in [1.29, 1.82) is 0 Å². The Bertz CT molecular complexity index is 681. The molecule has 28 heavy (non-hydrogen) atoms. The van der Waals surface area contributed by atoms with Crippen LogP contribution < -0.4 is 16.0 Å². The van der Waals surface area contributed by atoms with Crippen molar-refractivity contribution in [3.05, 3.63) is 35.9 Å². The number of hydrogen-bond donors (Lipinski definition) is 3. The normalized spacial score (nSPS) is 12.6. The van der Waals surface area contributed by atoms with Gasteiger partial charge in [-0.15, -0.1) is 0 Å². The first-order chi connectivity index (χ1) is 13.2. The number of benzene rings is 1. The van der Waals surface area contributed by atoms with Gasteiger partial charge in [0.05, 0.1) is 0 Å². The van der Waals surface area contributed by atoms with Gasteiger partial charge >= 0.3 is 12.0 Å². The number of carbonyl (C=O) groups is 4. The lowest BCUT2D eigenvalue weighted by molar-refractivity contribution is -0.156. The summed E-state index contributed by atoms with van der Waals surface area (Å²) in [6.07, 6.45) is 1.04. The van der Waals surface area contributed by atoms with Crippen molar-refractivity contribution in [2.45, 2.75) is 45.4 Å². The Morgan fingerprint density at radius 2 is 1.68 bits per heavy atom. The van der Waals surface area contributed by atoms with Gasteiger partial charge in [0.25, 0.3) is 11.8 Å². The van der Waals surface area contributed by atoms with Crippen molar-refractivity contribution >= 4 is 35.6 Å². The highest BCUT2D eigenvalue weighted by atomic mass is 32.2. The lowest BCUT2D eigenvalue weighted by Crippen LogP contribution is -2.48. The van der Waals surface area contributed by atoms with Crippen LogP contribution in [0.5, 0.6) is 0 Å². The fraction of sp³-hybridized carbons (Fsp3) is 0.474. The van der Waals surface area contributed by atoms with Gasteiger partial charge in [-0.25, -0.2) is 9.59 Å². The number of hydrogen-bond acceptors (Lipinski definition) is 6. The van der Waals surface area contributed by atoms with Crippen molar-refractivity contribution < 1.29 is 23.9 Å². The monoisotopic (exact) mass is 409 g/mol. The second-order valence-corrected chi connectivity index (χ2v) is 7.36. The van der Waals surface area contributed by atoms with Gasteiger partial charge in [-0.3, -0.25) is 14.9 Å². The van der Waals surface area contributed by atoms with E-state index in [4.69, 9.17) is 4.74 Å². The Balaban J connectivity index is 2.69. The molecule has 0 unspecified atom stereocenters. The van der Waals surface area contributed by atoms with Gasteiger partial charge in [0.15, 0.2) is 6.10 Å². The summed E-state index contributed by atoms with van der Waals surface area (Å²) >= 11 is 1.52. The quantitative estimate of drug-likeness (QED) is 0.535. The van der Waals surface area contributed by atoms with Crippen LogP contribution >= 0.6 is 11.8 Å². The Labute approximate surface area is 169 Å². The molecule has 1 aromatic rings. The minimum absolute atomic E-state index is 0.144. The van der Waals surface area contributed by atoms with Gasteiger partial charge in [-0.1, -0.05) is 18.2 Å². The number of thioether (sulfide) groups is 1. The summed E-state index contributed by atoms with van der Waals surface area (Å²) in [6.45, 7) is 4.86. The molecular formula is C19H27N3O5S. The fourth-order valence-corrected chi connectivity index (χ4v) is 2.61. The zero-order chi connectivity index (χ0) is 21.1. The first-order valence-corrected chi connectivity index (χ1v) is 10.3. The molecule has 9 heteroatoms. The number of nitrogens with one attached hydrogen (secondary N) is 3. The number of carbonyl (C=O) groups excluding carboxylic acids is 4. The maximum atomic E-state index is 12.5. The SMILES string of the molecule is CSCC[C@@H](NC(=O)c1ccccc1)C(=O)O[C@H](C)C(=O)NC(=O)NC(C)C. The van der Waals surface area contributed by atoms with Crippen LogP contribution in [-0.2, 0) is 14.3 Å². The van der Waals surface area contributed by atoms with Crippen LogP contribution in [0.25, 0.3) is 0 Å². The predicted molar refractivity (Wildman–Crippen MR) is 108 cm³/mol. The van der Waals surface area contributed by atoms with Gasteiger partial charge < -0.3 is 15.4 Å². The van der Waals surface area contributed by atoms with E-state index in [0.29, 0.717) is 17.7 Å². The molecule has 0 radical (unpaired) electrons. The highest BCUT2D eigenvalue weighted by Gasteiger charge is 2.27. The highest BCUT2D eigenvalue weighted by Crippen LogP contribution is 2.07. The Morgan fingerprint density at radius 3 is 2.25 bits per heavy atom. The summed E-state index contributed by atoms with van der Waals surface area (Å²) in [5, 5.41) is 7.25. The Hall–Kier alpha value is -2.55. The van der Waals surface area contributed by atoms with Gasteiger partial charge in [0, 0.05) is 11.6 Å². The average Bonchev–Trinajstić information content (AvgIpc) is 2.64. The molecule has 0 heterocycles. The molecule has 0 saturated carbocycles. The molecule has 0 saturated heterocycles. The summed E-state index contributed by atoms with van der Waals surface area (Å²) in [7, 11) is 0. The standard InChI is InChI=1S/C19H27N3O5S/c1-12(2)20-19(26)22-16(23)13(3)27-18(25)15(10-11-28-4)21-17(24)14-8-6-5-7-9-14/h5-9,12-13,15H,10-11H2,1-4H3,(H,21,24)(H2,20,22,23,26)/t13-,15-/m1/s1. The fourth-order valence-electron chi connectivity index (χ4n) is 2.14. The van der Waals surface area contributed by atoms with Crippen LogP contribution in [0.15, 0.2) is 30.3 Å². The molecule has 0 fully saturated rings. The molecule has 154 valence electrons. The minimum atomic E-state index is -1.18. The van der Waals surface area contributed by atoms with Crippen LogP contribution in [0.1, 0.15) is 37.6 Å². The van der Waals surface area contributed by atoms with Crippen molar-refractivity contribution in [2.75, 3.05) is 12.0 Å². The topological polar surface area (TPSA) is 114 Å². The third-order valence-corrected chi connectivity index (χ3v) is 4.20. The van der Waals surface area contributed by atoms with E-state index in [0.717, 1.165) is 0 Å². The van der Waals surface area contributed by atoms with Gasteiger partial charge in [0.2, 0.25) is 0 Å². The Morgan fingerprint density at radius 1 is 1.04 bits per heavy atom. The third kappa shape index (κ3) is 8.43. The molecule has 0 aliphatic heterocycles. The van der Waals surface area contributed by atoms with E-state index in [-0.39, 0.29) is 6.04 Å². The molecule has 0 aliphatic rings. The molecule has 3 N–H and O–H groups in total. The molecule has 1 rings (SSSR count). The second-order valence-electron chi connectivity index (χ2n) is 6.37. The van der Waals surface area contributed by atoms with Crippen LogP contribution in [-0.4, -0.2) is 54.0 Å². The number of imide groups is 1. The third-order valence-electron chi connectivity index (χ3n) is 3.56. The van der Waals surface area contributed by atoms with Gasteiger partial charge in [0.1, 0.15) is 6.04 Å². The van der Waals surface area contributed by atoms with E-state index in [1.54, 1.807) is 44.2 Å². The zero-order valence-corrected chi connectivity index (χ0v) is 17.3. The number of esters is 1. The van der Waals surface area contributed by atoms with Crippen molar-refractivity contribution in [3.63, 3.8) is 0 Å². The van der Waals surface area contributed by atoms with Crippen molar-refractivity contribution in [3.8, 4) is 0 Å². The molecule has 0 aromatic heterocycles. The van der Waals surface area contributed by atoms with Gasteiger partial charge in [-0.05, 0) is 51.3 Å². The summed E-state index contributed by atoms with van der Waals surface area (Å²) in [6, 6.07) is 6.78. The maximum Gasteiger partial charge on any atom is 0.329 e. The average molecular weight is 410 g/mol. The van der Waals surface area contributed by atoms with Crippen LogP contribution in [0.3, 0.4) is 0 Å². The predicted octanol–water partition coefficient (Wildman–Crippen LogP) is 1.70. The molecular weight excluding hydrogens is 382 g/mol. The summed E-state index contributed by atoms with van der Waals surface area (Å²) in [5.74, 6) is -1.27. The first-order valence-electron chi connectivity index (χ1n) is 8.91. The van der Waals surface area contributed by atoms with Crippen molar-refractivity contribution in [2.24, 2.45) is 0 Å². The molecule has 0 aliphatic carbocycles. The summed E-state index contributed by atoms with van der Waals surface area (Å²) in [5.41, 5.74) is 0.417. The molecule has 8 nitrogen and oxygen atoms in total. The number of amides is 4. The lowest BCUT2D eigenvalue weighted by Gasteiger charge is -2.20. The van der Waals surface area contributed by atoms with E-state index in [1.165, 1.54) is 18.7 Å². The minimum Gasteiger partial charge on any atom is -0.451 e. The Kier molecular flexibility index (Phi) is 10.1. The maximum absolute atomic E-state index is 12.5. The van der Waals surface area contributed by atoms with Crippen LogP contribution in [0.4, 0.5) is 4.79 Å². The molecule has 0 spiro atoms. The molecule has 0 bridgehead atoms. The largest absolute Gasteiger partial charge is 0.451 e. The number of ether oxygens (including phenoxy) is 1. The van der Waals surface area contributed by atoms with E-state index < -0.39 is 36.0 Å². The van der Waals surface area contributed by atoms with Crippen LogP contribution in [0.2, 0.25) is 0 Å². The number of rotatable bonds is 9. The lowest BCUT2D eigenvalue weighted by atomic mass is 10.1.